The average Bonchev–Trinajstić information content (AvgIpc) is 2.67. The van der Waals surface area contributed by atoms with E-state index in [1.807, 2.05) is 37.3 Å². The normalized spacial score (nSPS) is 12.9. The Bertz CT molecular complexity index is 1090. The second-order valence-electron chi connectivity index (χ2n) is 7.06. The molecule has 1 aromatic heterocycles. The van der Waals surface area contributed by atoms with Crippen LogP contribution in [0, 0.1) is 12.8 Å². The first kappa shape index (κ1) is 20.0. The molecular formula is C21H23N3O3S. The van der Waals surface area contributed by atoms with Crippen molar-refractivity contribution in [1.29, 1.82) is 0 Å². The molecule has 0 fully saturated rings. The molecule has 0 saturated heterocycles. The lowest BCUT2D eigenvalue weighted by Gasteiger charge is -2.21. The van der Waals surface area contributed by atoms with E-state index in [4.69, 9.17) is 0 Å². The second-order valence-corrected chi connectivity index (χ2v) is 8.78. The standard InChI is InChI=1S/C21H23N3O3S/c1-14(2)20(21(25)23-19-11-8-15(3)13-22-19)24-28(26,27)18-10-9-16-6-4-5-7-17(16)12-18/h4-14,20,24H,1-3H3,(H,22,23,25)/t20-/m1/s1. The third kappa shape index (κ3) is 4.55. The Kier molecular flexibility index (Phi) is 5.76. The number of hydrogen-bond acceptors (Lipinski definition) is 4. The highest BCUT2D eigenvalue weighted by atomic mass is 32.2. The fraction of sp³-hybridized carbons (Fsp3) is 0.238. The lowest BCUT2D eigenvalue weighted by molar-refractivity contribution is -0.118. The van der Waals surface area contributed by atoms with Crippen LogP contribution in [0.2, 0.25) is 0 Å². The third-order valence-corrected chi connectivity index (χ3v) is 5.86. The molecule has 0 aliphatic heterocycles. The van der Waals surface area contributed by atoms with Crippen LogP contribution in [0.3, 0.4) is 0 Å². The number of carbonyl (C=O) groups excluding carboxylic acids is 1. The van der Waals surface area contributed by atoms with Crippen LogP contribution in [0.1, 0.15) is 19.4 Å². The van der Waals surface area contributed by atoms with E-state index in [9.17, 15) is 13.2 Å². The molecule has 28 heavy (non-hydrogen) atoms. The molecule has 7 heteroatoms. The molecule has 2 N–H and O–H groups in total. The van der Waals surface area contributed by atoms with Gasteiger partial charge in [-0.15, -0.1) is 0 Å². The molecule has 1 heterocycles. The number of pyridine rings is 1. The van der Waals surface area contributed by atoms with E-state index >= 15 is 0 Å². The fourth-order valence-electron chi connectivity index (χ4n) is 2.81. The number of aryl methyl sites for hydroxylation is 1. The predicted molar refractivity (Wildman–Crippen MR) is 110 cm³/mol. The Labute approximate surface area is 165 Å². The van der Waals surface area contributed by atoms with Crippen molar-refractivity contribution in [3.63, 3.8) is 0 Å². The molecule has 0 bridgehead atoms. The van der Waals surface area contributed by atoms with Crippen LogP contribution < -0.4 is 10.0 Å². The van der Waals surface area contributed by atoms with Gasteiger partial charge in [0.05, 0.1) is 4.90 Å². The third-order valence-electron chi connectivity index (χ3n) is 4.43. The highest BCUT2D eigenvalue weighted by Gasteiger charge is 2.28. The molecule has 0 unspecified atom stereocenters. The van der Waals surface area contributed by atoms with Gasteiger partial charge in [-0.1, -0.05) is 50.2 Å². The smallest absolute Gasteiger partial charge is 0.243 e. The Morgan fingerprint density at radius 3 is 2.36 bits per heavy atom. The van der Waals surface area contributed by atoms with Gasteiger partial charge in [0.25, 0.3) is 0 Å². The van der Waals surface area contributed by atoms with Crippen LogP contribution in [0.5, 0.6) is 0 Å². The van der Waals surface area contributed by atoms with Crippen LogP contribution >= 0.6 is 0 Å². The average molecular weight is 398 g/mol. The number of anilines is 1. The molecular weight excluding hydrogens is 374 g/mol. The summed E-state index contributed by atoms with van der Waals surface area (Å²) in [6, 6.07) is 15.0. The number of benzene rings is 2. The van der Waals surface area contributed by atoms with Gasteiger partial charge in [0.15, 0.2) is 0 Å². The lowest BCUT2D eigenvalue weighted by atomic mass is 10.1. The van der Waals surface area contributed by atoms with E-state index in [0.717, 1.165) is 16.3 Å². The summed E-state index contributed by atoms with van der Waals surface area (Å²) in [5.74, 6) is -0.317. The van der Waals surface area contributed by atoms with Gasteiger partial charge >= 0.3 is 0 Å². The fourth-order valence-corrected chi connectivity index (χ4v) is 4.19. The zero-order valence-corrected chi connectivity index (χ0v) is 16.8. The molecule has 2 aromatic carbocycles. The molecule has 3 rings (SSSR count). The summed E-state index contributed by atoms with van der Waals surface area (Å²) in [6.45, 7) is 5.47. The van der Waals surface area contributed by atoms with Crippen molar-refractivity contribution >= 4 is 32.5 Å². The number of fused-ring (bicyclic) bond motifs is 1. The molecule has 0 radical (unpaired) electrons. The van der Waals surface area contributed by atoms with Crippen LogP contribution in [-0.2, 0) is 14.8 Å². The highest BCUT2D eigenvalue weighted by molar-refractivity contribution is 7.89. The van der Waals surface area contributed by atoms with Gasteiger partial charge in [-0.3, -0.25) is 4.79 Å². The molecule has 3 aromatic rings. The summed E-state index contributed by atoms with van der Waals surface area (Å²) < 4.78 is 28.3. The number of hydrogen-bond donors (Lipinski definition) is 2. The number of aromatic nitrogens is 1. The summed E-state index contributed by atoms with van der Waals surface area (Å²) in [6.07, 6.45) is 1.64. The number of amides is 1. The first-order valence-corrected chi connectivity index (χ1v) is 10.5. The number of nitrogens with one attached hydrogen (secondary N) is 2. The molecule has 146 valence electrons. The number of carbonyl (C=O) groups is 1. The summed E-state index contributed by atoms with van der Waals surface area (Å²) in [5, 5.41) is 4.45. The SMILES string of the molecule is Cc1ccc(NC(=O)[C@H](NS(=O)(=O)c2ccc3ccccc3c2)C(C)C)nc1. The topological polar surface area (TPSA) is 88.2 Å². The molecule has 1 atom stereocenters. The van der Waals surface area contributed by atoms with Gasteiger partial charge in [0.2, 0.25) is 15.9 Å². The minimum atomic E-state index is -3.87. The van der Waals surface area contributed by atoms with E-state index in [1.165, 1.54) is 0 Å². The Morgan fingerprint density at radius 1 is 1.00 bits per heavy atom. The Hall–Kier alpha value is -2.77. The van der Waals surface area contributed by atoms with E-state index in [-0.39, 0.29) is 10.8 Å². The van der Waals surface area contributed by atoms with E-state index in [0.29, 0.717) is 5.82 Å². The lowest BCUT2D eigenvalue weighted by Crippen LogP contribution is -2.47. The number of sulfonamides is 1. The zero-order valence-electron chi connectivity index (χ0n) is 16.0. The van der Waals surface area contributed by atoms with Crippen molar-refractivity contribution in [2.75, 3.05) is 5.32 Å². The van der Waals surface area contributed by atoms with Crippen LogP contribution in [0.25, 0.3) is 10.8 Å². The molecule has 0 aliphatic rings. The van der Waals surface area contributed by atoms with Crippen LogP contribution in [0.15, 0.2) is 65.7 Å². The van der Waals surface area contributed by atoms with Gasteiger partial charge in [0, 0.05) is 6.20 Å². The van der Waals surface area contributed by atoms with Gasteiger partial charge in [-0.2, -0.15) is 4.72 Å². The monoisotopic (exact) mass is 397 g/mol. The maximum atomic E-state index is 12.9. The molecule has 1 amide bonds. The largest absolute Gasteiger partial charge is 0.309 e. The minimum absolute atomic E-state index is 0.123. The Balaban J connectivity index is 1.83. The van der Waals surface area contributed by atoms with Crippen molar-refractivity contribution < 1.29 is 13.2 Å². The van der Waals surface area contributed by atoms with Crippen LogP contribution in [0.4, 0.5) is 5.82 Å². The quantitative estimate of drug-likeness (QED) is 0.666. The summed E-state index contributed by atoms with van der Waals surface area (Å²) in [5.41, 5.74) is 0.968. The summed E-state index contributed by atoms with van der Waals surface area (Å²) in [7, 11) is -3.87. The summed E-state index contributed by atoms with van der Waals surface area (Å²) in [4.78, 5) is 16.9. The second kappa shape index (κ2) is 8.08. The highest BCUT2D eigenvalue weighted by Crippen LogP contribution is 2.20. The van der Waals surface area contributed by atoms with E-state index in [2.05, 4.69) is 15.0 Å². The van der Waals surface area contributed by atoms with Crippen molar-refractivity contribution in [1.82, 2.24) is 9.71 Å². The molecule has 0 spiro atoms. The van der Waals surface area contributed by atoms with E-state index in [1.54, 1.807) is 44.3 Å². The number of nitrogens with zero attached hydrogens (tertiary/aromatic N) is 1. The maximum absolute atomic E-state index is 12.9. The molecule has 0 saturated carbocycles. The maximum Gasteiger partial charge on any atom is 0.243 e. The first-order chi connectivity index (χ1) is 13.3. The summed E-state index contributed by atoms with van der Waals surface area (Å²) >= 11 is 0. The zero-order chi connectivity index (χ0) is 20.3. The van der Waals surface area contributed by atoms with Crippen molar-refractivity contribution in [3.05, 3.63) is 66.4 Å². The molecule has 0 aliphatic carbocycles. The minimum Gasteiger partial charge on any atom is -0.309 e. The van der Waals surface area contributed by atoms with Gasteiger partial charge < -0.3 is 5.32 Å². The van der Waals surface area contributed by atoms with Crippen LogP contribution in [-0.4, -0.2) is 25.4 Å². The van der Waals surface area contributed by atoms with Gasteiger partial charge in [-0.05, 0) is 47.4 Å². The van der Waals surface area contributed by atoms with Gasteiger partial charge in [-0.25, -0.2) is 13.4 Å². The van der Waals surface area contributed by atoms with Crippen molar-refractivity contribution in [3.8, 4) is 0 Å². The molecule has 6 nitrogen and oxygen atoms in total. The van der Waals surface area contributed by atoms with E-state index < -0.39 is 22.0 Å². The van der Waals surface area contributed by atoms with Crippen molar-refractivity contribution in [2.45, 2.75) is 31.7 Å². The number of rotatable bonds is 6. The Morgan fingerprint density at radius 2 is 1.71 bits per heavy atom. The van der Waals surface area contributed by atoms with Crippen molar-refractivity contribution in [2.24, 2.45) is 5.92 Å². The van der Waals surface area contributed by atoms with Gasteiger partial charge in [0.1, 0.15) is 11.9 Å². The first-order valence-electron chi connectivity index (χ1n) is 9.01. The predicted octanol–water partition coefficient (Wildman–Crippen LogP) is 3.48.